The van der Waals surface area contributed by atoms with Crippen molar-refractivity contribution in [2.75, 3.05) is 32.5 Å². The predicted molar refractivity (Wildman–Crippen MR) is 71.3 cm³/mol. The molecular formula is C14H22N2O. The molecule has 1 saturated heterocycles. The summed E-state index contributed by atoms with van der Waals surface area (Å²) in [7, 11) is 2.18. The summed E-state index contributed by atoms with van der Waals surface area (Å²) in [5, 5.41) is 0. The number of hydrogen-bond donors (Lipinski definition) is 1. The number of anilines is 1. The Labute approximate surface area is 104 Å². The monoisotopic (exact) mass is 234 g/mol. The van der Waals surface area contributed by atoms with E-state index in [0.717, 1.165) is 18.0 Å². The SMILES string of the molecule is Cc1ccc(OCC2CCN(C)CC2)c(N)c1. The maximum absolute atomic E-state index is 5.93. The number of ether oxygens (including phenoxy) is 1. The fraction of sp³-hybridized carbons (Fsp3) is 0.571. The normalized spacial score (nSPS) is 18.2. The van der Waals surface area contributed by atoms with Crippen LogP contribution in [0, 0.1) is 12.8 Å². The van der Waals surface area contributed by atoms with Gasteiger partial charge in [0.1, 0.15) is 5.75 Å². The molecule has 17 heavy (non-hydrogen) atoms. The zero-order valence-electron chi connectivity index (χ0n) is 10.8. The maximum atomic E-state index is 5.93. The molecule has 3 heteroatoms. The fourth-order valence-corrected chi connectivity index (χ4v) is 2.24. The van der Waals surface area contributed by atoms with Gasteiger partial charge >= 0.3 is 0 Å². The molecule has 0 atom stereocenters. The van der Waals surface area contributed by atoms with Gasteiger partial charge in [-0.1, -0.05) is 6.07 Å². The first-order valence-corrected chi connectivity index (χ1v) is 6.32. The van der Waals surface area contributed by atoms with Crippen molar-refractivity contribution in [2.45, 2.75) is 19.8 Å². The van der Waals surface area contributed by atoms with Gasteiger partial charge in [-0.3, -0.25) is 0 Å². The molecule has 3 nitrogen and oxygen atoms in total. The highest BCUT2D eigenvalue weighted by Crippen LogP contribution is 2.24. The van der Waals surface area contributed by atoms with Gasteiger partial charge in [0.05, 0.1) is 12.3 Å². The van der Waals surface area contributed by atoms with Crippen LogP contribution in [0.3, 0.4) is 0 Å². The minimum atomic E-state index is 0.673. The van der Waals surface area contributed by atoms with Gasteiger partial charge in [-0.25, -0.2) is 0 Å². The second-order valence-electron chi connectivity index (χ2n) is 5.10. The fourth-order valence-electron chi connectivity index (χ4n) is 2.24. The lowest BCUT2D eigenvalue weighted by Gasteiger charge is -2.28. The minimum absolute atomic E-state index is 0.673. The first-order chi connectivity index (χ1) is 8.15. The van der Waals surface area contributed by atoms with E-state index in [1.165, 1.54) is 31.5 Å². The summed E-state index contributed by atoms with van der Waals surface area (Å²) in [5.41, 5.74) is 7.85. The summed E-state index contributed by atoms with van der Waals surface area (Å²) in [6.07, 6.45) is 2.45. The summed E-state index contributed by atoms with van der Waals surface area (Å²) < 4.78 is 5.82. The zero-order chi connectivity index (χ0) is 12.3. The summed E-state index contributed by atoms with van der Waals surface area (Å²) in [4.78, 5) is 2.37. The van der Waals surface area contributed by atoms with E-state index in [9.17, 15) is 0 Å². The van der Waals surface area contributed by atoms with Crippen LogP contribution in [0.4, 0.5) is 5.69 Å². The lowest BCUT2D eigenvalue weighted by Crippen LogP contribution is -2.32. The van der Waals surface area contributed by atoms with Crippen molar-refractivity contribution < 1.29 is 4.74 Å². The Morgan fingerprint density at radius 1 is 1.35 bits per heavy atom. The Hall–Kier alpha value is -1.22. The van der Waals surface area contributed by atoms with Crippen LogP contribution in [0.15, 0.2) is 18.2 Å². The molecule has 1 heterocycles. The molecule has 0 saturated carbocycles. The molecule has 1 fully saturated rings. The van der Waals surface area contributed by atoms with Gasteiger partial charge in [0.2, 0.25) is 0 Å². The van der Waals surface area contributed by atoms with Crippen molar-refractivity contribution in [1.29, 1.82) is 0 Å². The molecule has 0 amide bonds. The molecule has 1 aliphatic rings. The van der Waals surface area contributed by atoms with Crippen molar-refractivity contribution in [1.82, 2.24) is 4.90 Å². The Morgan fingerprint density at radius 3 is 2.71 bits per heavy atom. The average molecular weight is 234 g/mol. The summed E-state index contributed by atoms with van der Waals surface area (Å²) in [6.45, 7) is 5.19. The first-order valence-electron chi connectivity index (χ1n) is 6.32. The lowest BCUT2D eigenvalue weighted by atomic mass is 9.98. The van der Waals surface area contributed by atoms with Crippen molar-refractivity contribution in [3.05, 3.63) is 23.8 Å². The number of aryl methyl sites for hydroxylation is 1. The Kier molecular flexibility index (Phi) is 3.89. The zero-order valence-corrected chi connectivity index (χ0v) is 10.8. The van der Waals surface area contributed by atoms with E-state index in [1.807, 2.05) is 25.1 Å². The summed E-state index contributed by atoms with van der Waals surface area (Å²) >= 11 is 0. The van der Waals surface area contributed by atoms with Gasteiger partial charge < -0.3 is 15.4 Å². The molecule has 1 aromatic rings. The Bertz CT molecular complexity index is 370. The second kappa shape index (κ2) is 5.41. The Morgan fingerprint density at radius 2 is 2.06 bits per heavy atom. The van der Waals surface area contributed by atoms with Crippen LogP contribution in [0.25, 0.3) is 0 Å². The number of nitrogen functional groups attached to an aromatic ring is 1. The topological polar surface area (TPSA) is 38.5 Å². The van der Waals surface area contributed by atoms with Crippen LogP contribution in [0.1, 0.15) is 18.4 Å². The molecule has 0 unspecified atom stereocenters. The third-order valence-electron chi connectivity index (χ3n) is 3.48. The molecule has 1 aliphatic heterocycles. The molecule has 0 bridgehead atoms. The van der Waals surface area contributed by atoms with E-state index in [0.29, 0.717) is 5.92 Å². The molecule has 0 spiro atoms. The van der Waals surface area contributed by atoms with Crippen LogP contribution in [-0.4, -0.2) is 31.6 Å². The van der Waals surface area contributed by atoms with E-state index in [2.05, 4.69) is 11.9 Å². The molecular weight excluding hydrogens is 212 g/mol. The van der Waals surface area contributed by atoms with Crippen molar-refractivity contribution in [3.63, 3.8) is 0 Å². The van der Waals surface area contributed by atoms with Crippen LogP contribution in [0.5, 0.6) is 5.75 Å². The minimum Gasteiger partial charge on any atom is -0.491 e. The number of piperidine rings is 1. The van der Waals surface area contributed by atoms with Gasteiger partial charge in [-0.05, 0) is 63.5 Å². The third-order valence-corrected chi connectivity index (χ3v) is 3.48. The van der Waals surface area contributed by atoms with E-state index in [4.69, 9.17) is 10.5 Å². The maximum Gasteiger partial charge on any atom is 0.142 e. The van der Waals surface area contributed by atoms with Gasteiger partial charge in [-0.15, -0.1) is 0 Å². The highest BCUT2D eigenvalue weighted by molar-refractivity contribution is 5.53. The number of benzene rings is 1. The predicted octanol–water partition coefficient (Wildman–Crippen LogP) is 2.30. The highest BCUT2D eigenvalue weighted by Gasteiger charge is 2.17. The van der Waals surface area contributed by atoms with Crippen LogP contribution in [-0.2, 0) is 0 Å². The smallest absolute Gasteiger partial charge is 0.142 e. The molecule has 1 aromatic carbocycles. The van der Waals surface area contributed by atoms with Gasteiger partial charge in [0, 0.05) is 0 Å². The van der Waals surface area contributed by atoms with E-state index >= 15 is 0 Å². The van der Waals surface area contributed by atoms with Crippen LogP contribution >= 0.6 is 0 Å². The number of rotatable bonds is 3. The molecule has 2 rings (SSSR count). The molecule has 0 aromatic heterocycles. The number of nitrogens with zero attached hydrogens (tertiary/aromatic N) is 1. The second-order valence-corrected chi connectivity index (χ2v) is 5.10. The molecule has 94 valence electrons. The van der Waals surface area contributed by atoms with Crippen LogP contribution < -0.4 is 10.5 Å². The van der Waals surface area contributed by atoms with E-state index < -0.39 is 0 Å². The quantitative estimate of drug-likeness (QED) is 0.816. The number of nitrogens with two attached hydrogens (primary N) is 1. The third kappa shape index (κ3) is 3.37. The largest absolute Gasteiger partial charge is 0.491 e. The van der Waals surface area contributed by atoms with Gasteiger partial charge in [0.15, 0.2) is 0 Å². The van der Waals surface area contributed by atoms with E-state index in [1.54, 1.807) is 0 Å². The molecule has 2 N–H and O–H groups in total. The first kappa shape index (κ1) is 12.2. The Balaban J connectivity index is 1.85. The number of likely N-dealkylation sites (tertiary alicyclic amines) is 1. The summed E-state index contributed by atoms with van der Waals surface area (Å²) in [5.74, 6) is 1.50. The van der Waals surface area contributed by atoms with Gasteiger partial charge in [-0.2, -0.15) is 0 Å². The van der Waals surface area contributed by atoms with E-state index in [-0.39, 0.29) is 0 Å². The van der Waals surface area contributed by atoms with Crippen molar-refractivity contribution >= 4 is 5.69 Å². The average Bonchev–Trinajstić information content (AvgIpc) is 2.30. The van der Waals surface area contributed by atoms with Crippen molar-refractivity contribution in [3.8, 4) is 5.75 Å². The van der Waals surface area contributed by atoms with Crippen LogP contribution in [0.2, 0.25) is 0 Å². The molecule has 0 aliphatic carbocycles. The molecule has 0 radical (unpaired) electrons. The lowest BCUT2D eigenvalue weighted by molar-refractivity contribution is 0.160. The van der Waals surface area contributed by atoms with Gasteiger partial charge in [0.25, 0.3) is 0 Å². The summed E-state index contributed by atoms with van der Waals surface area (Å²) in [6, 6.07) is 5.98. The standard InChI is InChI=1S/C14H22N2O/c1-11-3-4-14(13(15)9-11)17-10-12-5-7-16(2)8-6-12/h3-4,9,12H,5-8,10,15H2,1-2H3. The van der Waals surface area contributed by atoms with Crippen molar-refractivity contribution in [2.24, 2.45) is 5.92 Å². The highest BCUT2D eigenvalue weighted by atomic mass is 16.5. The number of hydrogen-bond acceptors (Lipinski definition) is 3.